The second kappa shape index (κ2) is 7.03. The molecule has 0 aliphatic heterocycles. The molecule has 0 unspecified atom stereocenters. The number of aromatic nitrogens is 5. The molecular weight excluding hydrogens is 362 g/mol. The zero-order chi connectivity index (χ0) is 18.1. The largest absolute Gasteiger partial charge is 0.461 e. The maximum Gasteiger partial charge on any atom is 0.238 e. The van der Waals surface area contributed by atoms with Gasteiger partial charge in [0.05, 0.1) is 18.6 Å². The number of furan rings is 1. The van der Waals surface area contributed by atoms with Crippen molar-refractivity contribution in [1.82, 2.24) is 24.9 Å². The van der Waals surface area contributed by atoms with Gasteiger partial charge in [-0.3, -0.25) is 0 Å². The fourth-order valence-corrected chi connectivity index (χ4v) is 3.69. The van der Waals surface area contributed by atoms with Crippen LogP contribution in [0.25, 0.3) is 11.6 Å². The molecule has 0 spiro atoms. The van der Waals surface area contributed by atoms with Crippen molar-refractivity contribution in [3.05, 3.63) is 66.0 Å². The third kappa shape index (κ3) is 3.52. The minimum atomic E-state index is 0.458. The molecule has 3 heterocycles. The molecule has 3 aromatic heterocycles. The van der Waals surface area contributed by atoms with Gasteiger partial charge in [0.25, 0.3) is 0 Å². The van der Waals surface area contributed by atoms with E-state index in [4.69, 9.17) is 8.94 Å². The smallest absolute Gasteiger partial charge is 0.238 e. The number of hydrogen-bond acceptors (Lipinski definition) is 7. The van der Waals surface area contributed by atoms with Gasteiger partial charge >= 0.3 is 0 Å². The normalized spacial score (nSPS) is 13.9. The lowest BCUT2D eigenvalue weighted by atomic mass is 10.2. The standard InChI is InChI=1S/C19H17N5O2S/c1-2-5-13(6-3-1)11-24-18(14-8-9-14)21-22-19(24)27-12-16-20-17(23-26-16)15-7-4-10-25-15/h1-7,10,14H,8-9,11-12H2. The molecule has 4 aromatic rings. The Labute approximate surface area is 159 Å². The molecule has 0 amide bonds. The van der Waals surface area contributed by atoms with Crippen molar-refractivity contribution < 1.29 is 8.94 Å². The van der Waals surface area contributed by atoms with Crippen LogP contribution >= 0.6 is 11.8 Å². The Morgan fingerprint density at radius 3 is 2.74 bits per heavy atom. The quantitative estimate of drug-likeness (QED) is 0.446. The number of nitrogens with zero attached hydrogens (tertiary/aromatic N) is 5. The summed E-state index contributed by atoms with van der Waals surface area (Å²) >= 11 is 1.56. The highest BCUT2D eigenvalue weighted by molar-refractivity contribution is 7.98. The van der Waals surface area contributed by atoms with Crippen molar-refractivity contribution in [2.24, 2.45) is 0 Å². The Balaban J connectivity index is 1.34. The van der Waals surface area contributed by atoms with Crippen molar-refractivity contribution in [2.75, 3.05) is 0 Å². The summed E-state index contributed by atoms with van der Waals surface area (Å²) < 4.78 is 12.8. The summed E-state index contributed by atoms with van der Waals surface area (Å²) in [5.74, 6) is 3.73. The summed E-state index contributed by atoms with van der Waals surface area (Å²) in [6.07, 6.45) is 3.97. The van der Waals surface area contributed by atoms with Gasteiger partial charge in [-0.2, -0.15) is 4.98 Å². The topological polar surface area (TPSA) is 82.8 Å². The van der Waals surface area contributed by atoms with E-state index < -0.39 is 0 Å². The van der Waals surface area contributed by atoms with Gasteiger partial charge in [-0.1, -0.05) is 47.3 Å². The molecule has 27 heavy (non-hydrogen) atoms. The lowest BCUT2D eigenvalue weighted by molar-refractivity contribution is 0.390. The van der Waals surface area contributed by atoms with Crippen LogP contribution in [0.3, 0.4) is 0 Å². The van der Waals surface area contributed by atoms with E-state index in [1.807, 2.05) is 6.07 Å². The Bertz CT molecular complexity index is 1020. The zero-order valence-electron chi connectivity index (χ0n) is 14.5. The van der Waals surface area contributed by atoms with Gasteiger partial charge in [-0.05, 0) is 30.5 Å². The van der Waals surface area contributed by atoms with E-state index in [0.29, 0.717) is 29.1 Å². The van der Waals surface area contributed by atoms with Gasteiger partial charge in [0.1, 0.15) is 5.82 Å². The van der Waals surface area contributed by atoms with Crippen molar-refractivity contribution in [1.29, 1.82) is 0 Å². The van der Waals surface area contributed by atoms with E-state index in [-0.39, 0.29) is 0 Å². The van der Waals surface area contributed by atoms with Gasteiger partial charge in [-0.15, -0.1) is 10.2 Å². The monoisotopic (exact) mass is 379 g/mol. The summed E-state index contributed by atoms with van der Waals surface area (Å²) in [4.78, 5) is 4.39. The highest BCUT2D eigenvalue weighted by Crippen LogP contribution is 2.40. The van der Waals surface area contributed by atoms with Crippen LogP contribution in [0.4, 0.5) is 0 Å². The Morgan fingerprint density at radius 2 is 1.96 bits per heavy atom. The SMILES string of the molecule is c1ccc(Cn2c(SCc3nc(-c4ccco4)no3)nnc2C2CC2)cc1. The molecule has 7 nitrogen and oxygen atoms in total. The third-order valence-electron chi connectivity index (χ3n) is 4.41. The van der Waals surface area contributed by atoms with Crippen LogP contribution in [0.15, 0.2) is 62.8 Å². The maximum absolute atomic E-state index is 5.34. The van der Waals surface area contributed by atoms with Gasteiger partial charge in [-0.25, -0.2) is 0 Å². The van der Waals surface area contributed by atoms with E-state index in [9.17, 15) is 0 Å². The first-order chi connectivity index (χ1) is 13.4. The molecule has 5 rings (SSSR count). The molecule has 1 fully saturated rings. The molecule has 1 aliphatic carbocycles. The van der Waals surface area contributed by atoms with Crippen molar-refractivity contribution >= 4 is 11.8 Å². The average Bonchev–Trinajstić information content (AvgIpc) is 3.11. The summed E-state index contributed by atoms with van der Waals surface area (Å²) in [6, 6.07) is 14.0. The third-order valence-corrected chi connectivity index (χ3v) is 5.36. The molecule has 1 aromatic carbocycles. The number of rotatable bonds is 7. The Morgan fingerprint density at radius 1 is 1.07 bits per heavy atom. The van der Waals surface area contributed by atoms with E-state index in [1.54, 1.807) is 30.2 Å². The number of benzene rings is 1. The highest BCUT2D eigenvalue weighted by Gasteiger charge is 2.30. The summed E-state index contributed by atoms with van der Waals surface area (Å²) in [5.41, 5.74) is 1.24. The van der Waals surface area contributed by atoms with Crippen LogP contribution < -0.4 is 0 Å². The first-order valence-electron chi connectivity index (χ1n) is 8.83. The van der Waals surface area contributed by atoms with E-state index in [1.165, 1.54) is 18.4 Å². The molecule has 0 N–H and O–H groups in total. The fourth-order valence-electron chi connectivity index (χ4n) is 2.91. The summed E-state index contributed by atoms with van der Waals surface area (Å²) in [6.45, 7) is 0.767. The van der Waals surface area contributed by atoms with E-state index in [0.717, 1.165) is 17.5 Å². The maximum atomic E-state index is 5.34. The lowest BCUT2D eigenvalue weighted by Gasteiger charge is -2.09. The van der Waals surface area contributed by atoms with Gasteiger partial charge < -0.3 is 13.5 Å². The van der Waals surface area contributed by atoms with Crippen LogP contribution in [-0.2, 0) is 12.3 Å². The minimum Gasteiger partial charge on any atom is -0.461 e. The lowest BCUT2D eigenvalue weighted by Crippen LogP contribution is -2.06. The van der Waals surface area contributed by atoms with Crippen LogP contribution in [0.5, 0.6) is 0 Å². The van der Waals surface area contributed by atoms with E-state index in [2.05, 4.69) is 49.2 Å². The predicted molar refractivity (Wildman–Crippen MR) is 99.1 cm³/mol. The molecule has 8 heteroatoms. The molecule has 1 aliphatic rings. The molecule has 136 valence electrons. The minimum absolute atomic E-state index is 0.458. The molecule has 0 radical (unpaired) electrons. The number of thioether (sulfide) groups is 1. The van der Waals surface area contributed by atoms with Crippen LogP contribution in [0.1, 0.15) is 36.0 Å². The molecule has 0 saturated heterocycles. The van der Waals surface area contributed by atoms with Gasteiger partial charge in [0.15, 0.2) is 10.9 Å². The zero-order valence-corrected chi connectivity index (χ0v) is 15.3. The molecule has 0 atom stereocenters. The second-order valence-corrected chi connectivity index (χ2v) is 7.41. The second-order valence-electron chi connectivity index (χ2n) is 6.46. The predicted octanol–water partition coefficient (Wildman–Crippen LogP) is 4.14. The Hall–Kier alpha value is -2.87. The molecule has 1 saturated carbocycles. The van der Waals surface area contributed by atoms with Gasteiger partial charge in [0.2, 0.25) is 11.7 Å². The molecular formula is C19H17N5O2S. The van der Waals surface area contributed by atoms with Crippen molar-refractivity contribution in [3.63, 3.8) is 0 Å². The van der Waals surface area contributed by atoms with Crippen molar-refractivity contribution in [2.45, 2.75) is 36.2 Å². The molecule has 0 bridgehead atoms. The van der Waals surface area contributed by atoms with Gasteiger partial charge in [0, 0.05) is 5.92 Å². The fraction of sp³-hybridized carbons (Fsp3) is 0.263. The summed E-state index contributed by atoms with van der Waals surface area (Å²) in [5, 5.41) is 13.7. The van der Waals surface area contributed by atoms with E-state index >= 15 is 0 Å². The first kappa shape index (κ1) is 16.3. The summed E-state index contributed by atoms with van der Waals surface area (Å²) in [7, 11) is 0. The Kier molecular flexibility index (Phi) is 4.25. The van der Waals surface area contributed by atoms with Crippen molar-refractivity contribution in [3.8, 4) is 11.6 Å². The first-order valence-corrected chi connectivity index (χ1v) is 9.81. The van der Waals surface area contributed by atoms with Crippen LogP contribution in [0.2, 0.25) is 0 Å². The van der Waals surface area contributed by atoms with Crippen LogP contribution in [-0.4, -0.2) is 24.9 Å². The highest BCUT2D eigenvalue weighted by atomic mass is 32.2. The number of hydrogen-bond donors (Lipinski definition) is 0. The van der Waals surface area contributed by atoms with Crippen LogP contribution in [0, 0.1) is 0 Å². The average molecular weight is 379 g/mol.